The van der Waals surface area contributed by atoms with E-state index in [2.05, 4.69) is 5.32 Å². The fraction of sp³-hybridized carbons (Fsp3) is 0.286. The number of carboxylic acids is 1. The molecule has 6 heteroatoms. The smallest absolute Gasteiger partial charge is 0.336 e. The van der Waals surface area contributed by atoms with Crippen molar-refractivity contribution in [3.8, 4) is 0 Å². The van der Waals surface area contributed by atoms with Crippen molar-refractivity contribution >= 4 is 17.8 Å². The van der Waals surface area contributed by atoms with Gasteiger partial charge in [0.05, 0.1) is 17.5 Å². The molecule has 0 unspecified atom stereocenters. The number of hydrogen-bond donors (Lipinski definition) is 2. The third-order valence-corrected chi connectivity index (χ3v) is 4.74. The van der Waals surface area contributed by atoms with Gasteiger partial charge in [-0.15, -0.1) is 0 Å². The topological polar surface area (TPSA) is 86.7 Å². The second-order valence-electron chi connectivity index (χ2n) is 6.65. The van der Waals surface area contributed by atoms with Crippen LogP contribution in [0.4, 0.5) is 0 Å². The first-order valence-corrected chi connectivity index (χ1v) is 8.99. The van der Waals surface area contributed by atoms with Gasteiger partial charge in [-0.1, -0.05) is 42.5 Å². The molecule has 0 bridgehead atoms. The minimum atomic E-state index is -1.11. The van der Waals surface area contributed by atoms with E-state index < -0.39 is 5.97 Å². The molecule has 2 aromatic rings. The van der Waals surface area contributed by atoms with Gasteiger partial charge in [-0.25, -0.2) is 4.79 Å². The summed E-state index contributed by atoms with van der Waals surface area (Å²) in [5.41, 5.74) is 1.19. The Labute approximate surface area is 157 Å². The average molecular weight is 366 g/mol. The summed E-state index contributed by atoms with van der Waals surface area (Å²) in [6.07, 6.45) is 1.65. The molecule has 3 rings (SSSR count). The second-order valence-corrected chi connectivity index (χ2v) is 6.65. The molecule has 1 heterocycles. The molecule has 2 aromatic carbocycles. The number of carbonyl (C=O) groups excluding carboxylic acids is 2. The van der Waals surface area contributed by atoms with E-state index in [1.165, 1.54) is 6.07 Å². The Kier molecular flexibility index (Phi) is 5.86. The Hall–Kier alpha value is -3.15. The van der Waals surface area contributed by atoms with Gasteiger partial charge in [-0.05, 0) is 30.5 Å². The number of amides is 2. The van der Waals surface area contributed by atoms with E-state index >= 15 is 0 Å². The lowest BCUT2D eigenvalue weighted by molar-refractivity contribution is -0.121. The van der Waals surface area contributed by atoms with Crippen molar-refractivity contribution < 1.29 is 19.5 Å². The maximum absolute atomic E-state index is 12.7. The van der Waals surface area contributed by atoms with E-state index in [0.29, 0.717) is 32.4 Å². The summed E-state index contributed by atoms with van der Waals surface area (Å²) in [5, 5.41) is 12.3. The molecule has 2 N–H and O–H groups in total. The standard InChI is InChI=1S/C21H22N2O4/c24-19(14-15-6-2-1-3-7-15)22-16-10-12-23(13-11-16)20(25)17-8-4-5-9-18(17)21(26)27/h1-9,16H,10-14H2,(H,22,24)(H,26,27). The van der Waals surface area contributed by atoms with E-state index in [1.807, 2.05) is 30.3 Å². The van der Waals surface area contributed by atoms with Crippen molar-refractivity contribution in [1.82, 2.24) is 10.2 Å². The zero-order valence-electron chi connectivity index (χ0n) is 14.9. The molecule has 0 spiro atoms. The van der Waals surface area contributed by atoms with Crippen LogP contribution in [0.15, 0.2) is 54.6 Å². The lowest BCUT2D eigenvalue weighted by atomic mass is 10.0. The number of carboxylic acid groups (broad SMARTS) is 1. The van der Waals surface area contributed by atoms with Crippen LogP contribution in [-0.2, 0) is 11.2 Å². The molecule has 0 aromatic heterocycles. The van der Waals surface area contributed by atoms with E-state index in [1.54, 1.807) is 23.1 Å². The van der Waals surface area contributed by atoms with Crippen LogP contribution >= 0.6 is 0 Å². The van der Waals surface area contributed by atoms with Gasteiger partial charge in [-0.2, -0.15) is 0 Å². The maximum Gasteiger partial charge on any atom is 0.336 e. The Bertz CT molecular complexity index is 827. The summed E-state index contributed by atoms with van der Waals surface area (Å²) in [5.74, 6) is -1.41. The lowest BCUT2D eigenvalue weighted by Gasteiger charge is -2.32. The van der Waals surface area contributed by atoms with Gasteiger partial charge < -0.3 is 15.3 Å². The molecule has 1 aliphatic rings. The highest BCUT2D eigenvalue weighted by Gasteiger charge is 2.26. The van der Waals surface area contributed by atoms with Gasteiger partial charge in [0, 0.05) is 19.1 Å². The lowest BCUT2D eigenvalue weighted by Crippen LogP contribution is -2.47. The van der Waals surface area contributed by atoms with Gasteiger partial charge in [0.1, 0.15) is 0 Å². The monoisotopic (exact) mass is 366 g/mol. The summed E-state index contributed by atoms with van der Waals surface area (Å²) >= 11 is 0. The molecule has 27 heavy (non-hydrogen) atoms. The Morgan fingerprint density at radius 3 is 2.15 bits per heavy atom. The van der Waals surface area contributed by atoms with Gasteiger partial charge in [0.2, 0.25) is 5.91 Å². The third-order valence-electron chi connectivity index (χ3n) is 4.74. The molecule has 0 saturated carbocycles. The number of carbonyl (C=O) groups is 3. The van der Waals surface area contributed by atoms with E-state index in [4.69, 9.17) is 0 Å². The summed E-state index contributed by atoms with van der Waals surface area (Å²) in [6, 6.07) is 15.8. The SMILES string of the molecule is O=C(Cc1ccccc1)NC1CCN(C(=O)c2ccccc2C(=O)O)CC1. The van der Waals surface area contributed by atoms with Crippen LogP contribution in [0.3, 0.4) is 0 Å². The van der Waals surface area contributed by atoms with E-state index in [9.17, 15) is 19.5 Å². The van der Waals surface area contributed by atoms with Crippen molar-refractivity contribution in [3.63, 3.8) is 0 Å². The number of benzene rings is 2. The minimum Gasteiger partial charge on any atom is -0.478 e. The zero-order chi connectivity index (χ0) is 19.2. The molecule has 1 fully saturated rings. The number of aromatic carboxylic acids is 1. The fourth-order valence-corrected chi connectivity index (χ4v) is 3.31. The van der Waals surface area contributed by atoms with Crippen LogP contribution in [0.2, 0.25) is 0 Å². The first-order valence-electron chi connectivity index (χ1n) is 8.99. The van der Waals surface area contributed by atoms with Crippen molar-refractivity contribution in [2.75, 3.05) is 13.1 Å². The number of nitrogens with one attached hydrogen (secondary N) is 1. The normalized spacial score (nSPS) is 14.6. The Morgan fingerprint density at radius 1 is 0.926 bits per heavy atom. The van der Waals surface area contributed by atoms with Crippen LogP contribution in [0, 0.1) is 0 Å². The highest BCUT2D eigenvalue weighted by atomic mass is 16.4. The molecule has 140 valence electrons. The first-order chi connectivity index (χ1) is 13.0. The highest BCUT2D eigenvalue weighted by Crippen LogP contribution is 2.17. The highest BCUT2D eigenvalue weighted by molar-refractivity contribution is 6.04. The predicted molar refractivity (Wildman–Crippen MR) is 101 cm³/mol. The first kappa shape index (κ1) is 18.6. The minimum absolute atomic E-state index is 0.0146. The number of piperidine rings is 1. The molecule has 0 atom stereocenters. The molecule has 0 radical (unpaired) electrons. The number of rotatable bonds is 5. The van der Waals surface area contributed by atoms with Gasteiger partial charge >= 0.3 is 5.97 Å². The Morgan fingerprint density at radius 2 is 1.52 bits per heavy atom. The average Bonchev–Trinajstić information content (AvgIpc) is 2.68. The summed E-state index contributed by atoms with van der Waals surface area (Å²) in [6.45, 7) is 0.978. The van der Waals surface area contributed by atoms with Crippen molar-refractivity contribution in [2.24, 2.45) is 0 Å². The predicted octanol–water partition coefficient (Wildman–Crippen LogP) is 2.35. The van der Waals surface area contributed by atoms with Gasteiger partial charge in [0.25, 0.3) is 5.91 Å². The summed E-state index contributed by atoms with van der Waals surface area (Å²) < 4.78 is 0. The van der Waals surface area contributed by atoms with E-state index in [-0.39, 0.29) is 29.0 Å². The fourth-order valence-electron chi connectivity index (χ4n) is 3.31. The zero-order valence-corrected chi connectivity index (χ0v) is 14.9. The van der Waals surface area contributed by atoms with Gasteiger partial charge in [0.15, 0.2) is 0 Å². The van der Waals surface area contributed by atoms with Crippen molar-refractivity contribution in [1.29, 1.82) is 0 Å². The van der Waals surface area contributed by atoms with Crippen LogP contribution in [0.5, 0.6) is 0 Å². The van der Waals surface area contributed by atoms with Crippen LogP contribution in [-0.4, -0.2) is 46.9 Å². The second kappa shape index (κ2) is 8.49. The van der Waals surface area contributed by atoms with Crippen LogP contribution in [0.1, 0.15) is 39.1 Å². The molecule has 1 aliphatic heterocycles. The molecular formula is C21H22N2O4. The third kappa shape index (κ3) is 4.73. The molecule has 2 amide bonds. The quantitative estimate of drug-likeness (QED) is 0.850. The van der Waals surface area contributed by atoms with Gasteiger partial charge in [-0.3, -0.25) is 9.59 Å². The largest absolute Gasteiger partial charge is 0.478 e. The molecular weight excluding hydrogens is 344 g/mol. The number of hydrogen-bond acceptors (Lipinski definition) is 3. The Balaban J connectivity index is 1.54. The number of nitrogens with zero attached hydrogens (tertiary/aromatic N) is 1. The number of likely N-dealkylation sites (tertiary alicyclic amines) is 1. The van der Waals surface area contributed by atoms with Crippen LogP contribution < -0.4 is 5.32 Å². The molecule has 6 nitrogen and oxygen atoms in total. The van der Waals surface area contributed by atoms with Crippen molar-refractivity contribution in [2.45, 2.75) is 25.3 Å². The van der Waals surface area contributed by atoms with Crippen molar-refractivity contribution in [3.05, 3.63) is 71.3 Å². The molecule has 1 saturated heterocycles. The summed E-state index contributed by atoms with van der Waals surface area (Å²) in [4.78, 5) is 37.8. The van der Waals surface area contributed by atoms with E-state index in [0.717, 1.165) is 5.56 Å². The summed E-state index contributed by atoms with van der Waals surface area (Å²) in [7, 11) is 0. The molecule has 0 aliphatic carbocycles. The maximum atomic E-state index is 12.7. The van der Waals surface area contributed by atoms with Crippen LogP contribution in [0.25, 0.3) is 0 Å².